The van der Waals surface area contributed by atoms with Gasteiger partial charge in [0.15, 0.2) is 5.96 Å². The summed E-state index contributed by atoms with van der Waals surface area (Å²) in [7, 11) is 3.38. The Labute approximate surface area is 161 Å². The fourth-order valence-electron chi connectivity index (χ4n) is 2.92. The minimum Gasteiger partial charge on any atom is -0.381 e. The van der Waals surface area contributed by atoms with Crippen molar-refractivity contribution < 1.29 is 14.3 Å². The van der Waals surface area contributed by atoms with Gasteiger partial charge in [0, 0.05) is 59.2 Å². The number of guanidine groups is 1. The van der Waals surface area contributed by atoms with Crippen molar-refractivity contribution in [3.05, 3.63) is 35.4 Å². The van der Waals surface area contributed by atoms with Crippen LogP contribution in [-0.4, -0.2) is 58.9 Å². The van der Waals surface area contributed by atoms with Crippen LogP contribution in [0.2, 0.25) is 0 Å². The van der Waals surface area contributed by atoms with E-state index in [1.807, 2.05) is 18.2 Å². The molecule has 0 aromatic heterocycles. The molecule has 27 heavy (non-hydrogen) atoms. The van der Waals surface area contributed by atoms with Crippen molar-refractivity contribution in [2.24, 2.45) is 10.9 Å². The van der Waals surface area contributed by atoms with Gasteiger partial charge in [-0.1, -0.05) is 12.1 Å². The number of hydrogen-bond donors (Lipinski definition) is 3. The summed E-state index contributed by atoms with van der Waals surface area (Å²) >= 11 is 0. The molecule has 1 amide bonds. The Hall–Kier alpha value is -2.12. The van der Waals surface area contributed by atoms with Crippen molar-refractivity contribution in [1.29, 1.82) is 0 Å². The van der Waals surface area contributed by atoms with Crippen molar-refractivity contribution in [1.82, 2.24) is 16.0 Å². The number of ether oxygens (including phenoxy) is 2. The molecule has 7 nitrogen and oxygen atoms in total. The first kappa shape index (κ1) is 21.2. The molecule has 1 aromatic rings. The summed E-state index contributed by atoms with van der Waals surface area (Å²) in [6.45, 7) is 4.71. The molecule has 7 heteroatoms. The molecule has 0 spiro atoms. The summed E-state index contributed by atoms with van der Waals surface area (Å²) in [6.07, 6.45) is 3.14. The number of carbonyl (C=O) groups is 1. The molecular formula is C20H32N4O3. The number of nitrogens with one attached hydrogen (secondary N) is 3. The van der Waals surface area contributed by atoms with Gasteiger partial charge in [0.25, 0.3) is 5.91 Å². The van der Waals surface area contributed by atoms with Crippen molar-refractivity contribution >= 4 is 11.9 Å². The van der Waals surface area contributed by atoms with Crippen molar-refractivity contribution in [3.8, 4) is 0 Å². The quantitative estimate of drug-likeness (QED) is 0.346. The van der Waals surface area contributed by atoms with Gasteiger partial charge in [-0.15, -0.1) is 0 Å². The summed E-state index contributed by atoms with van der Waals surface area (Å²) in [6, 6.07) is 7.55. The Balaban J connectivity index is 1.61. The maximum absolute atomic E-state index is 11.7. The molecule has 3 N–H and O–H groups in total. The Kier molecular flexibility index (Phi) is 9.65. The van der Waals surface area contributed by atoms with E-state index in [9.17, 15) is 4.79 Å². The summed E-state index contributed by atoms with van der Waals surface area (Å²) in [4.78, 5) is 15.9. The summed E-state index contributed by atoms with van der Waals surface area (Å²) in [5.41, 5.74) is 1.68. The molecule has 1 heterocycles. The third-order valence-electron chi connectivity index (χ3n) is 4.55. The fraction of sp³-hybridized carbons (Fsp3) is 0.600. The fourth-order valence-corrected chi connectivity index (χ4v) is 2.92. The number of hydrogen-bond acceptors (Lipinski definition) is 4. The van der Waals surface area contributed by atoms with Gasteiger partial charge in [-0.25, -0.2) is 0 Å². The van der Waals surface area contributed by atoms with Gasteiger partial charge in [0.1, 0.15) is 0 Å². The van der Waals surface area contributed by atoms with E-state index in [1.54, 1.807) is 20.2 Å². The highest BCUT2D eigenvalue weighted by atomic mass is 16.5. The topological polar surface area (TPSA) is 84.0 Å². The number of amides is 1. The highest BCUT2D eigenvalue weighted by Crippen LogP contribution is 2.14. The maximum Gasteiger partial charge on any atom is 0.251 e. The molecule has 0 atom stereocenters. The van der Waals surface area contributed by atoms with E-state index >= 15 is 0 Å². The zero-order valence-electron chi connectivity index (χ0n) is 16.4. The van der Waals surface area contributed by atoms with E-state index in [0.717, 1.165) is 63.8 Å². The molecule has 0 saturated carbocycles. The van der Waals surface area contributed by atoms with Crippen LogP contribution in [0.15, 0.2) is 29.3 Å². The van der Waals surface area contributed by atoms with Crippen LogP contribution in [-0.2, 0) is 16.0 Å². The van der Waals surface area contributed by atoms with Gasteiger partial charge in [-0.2, -0.15) is 0 Å². The summed E-state index contributed by atoms with van der Waals surface area (Å²) in [5, 5.41) is 9.19. The van der Waals surface area contributed by atoms with Crippen LogP contribution in [0.25, 0.3) is 0 Å². The molecule has 1 aromatic carbocycles. The molecule has 0 aliphatic carbocycles. The van der Waals surface area contributed by atoms with E-state index in [4.69, 9.17) is 9.47 Å². The predicted molar refractivity (Wildman–Crippen MR) is 107 cm³/mol. The highest BCUT2D eigenvalue weighted by molar-refractivity contribution is 5.94. The van der Waals surface area contributed by atoms with E-state index < -0.39 is 0 Å². The average molecular weight is 377 g/mol. The largest absolute Gasteiger partial charge is 0.381 e. The van der Waals surface area contributed by atoms with Crippen LogP contribution < -0.4 is 16.0 Å². The van der Waals surface area contributed by atoms with E-state index in [1.165, 1.54) is 0 Å². The number of benzene rings is 1. The smallest absolute Gasteiger partial charge is 0.251 e. The van der Waals surface area contributed by atoms with E-state index in [-0.39, 0.29) is 5.91 Å². The lowest BCUT2D eigenvalue weighted by atomic mass is 10.0. The van der Waals surface area contributed by atoms with Crippen molar-refractivity contribution in [2.75, 3.05) is 47.1 Å². The van der Waals surface area contributed by atoms with Gasteiger partial charge < -0.3 is 25.4 Å². The average Bonchev–Trinajstić information content (AvgIpc) is 2.73. The van der Waals surface area contributed by atoms with Crippen LogP contribution in [0.4, 0.5) is 0 Å². The molecule has 1 fully saturated rings. The monoisotopic (exact) mass is 376 g/mol. The molecule has 1 aliphatic heterocycles. The Bertz CT molecular complexity index is 601. The first-order valence-electron chi connectivity index (χ1n) is 9.64. The van der Waals surface area contributed by atoms with Gasteiger partial charge in [-0.3, -0.25) is 9.79 Å². The van der Waals surface area contributed by atoms with Gasteiger partial charge >= 0.3 is 0 Å². The summed E-state index contributed by atoms with van der Waals surface area (Å²) in [5.74, 6) is 1.30. The molecule has 1 aliphatic rings. The molecule has 0 radical (unpaired) electrons. The predicted octanol–water partition coefficient (Wildman–Crippen LogP) is 1.54. The van der Waals surface area contributed by atoms with Crippen LogP contribution >= 0.6 is 0 Å². The lowest BCUT2D eigenvalue weighted by molar-refractivity contribution is 0.0203. The summed E-state index contributed by atoms with van der Waals surface area (Å²) < 4.78 is 11.1. The standard InChI is InChI=1S/C20H32N4O3/c1-21-19(25)18-6-3-5-17(13-18)14-24-20(22-2)23-9-4-10-27-15-16-7-11-26-12-8-16/h3,5-6,13,16H,4,7-12,14-15H2,1-2H3,(H,21,25)(H2,22,23,24). The molecule has 0 unspecified atom stereocenters. The van der Waals surface area contributed by atoms with Gasteiger partial charge in [0.2, 0.25) is 0 Å². The van der Waals surface area contributed by atoms with Crippen LogP contribution in [0.1, 0.15) is 35.2 Å². The minimum absolute atomic E-state index is 0.0832. The van der Waals surface area contributed by atoms with Crippen LogP contribution in [0, 0.1) is 5.92 Å². The number of rotatable bonds is 9. The Morgan fingerprint density at radius 2 is 2.11 bits per heavy atom. The first-order chi connectivity index (χ1) is 13.2. The SMILES string of the molecule is CN=C(NCCCOCC1CCOCC1)NCc1cccc(C(=O)NC)c1. The third-order valence-corrected chi connectivity index (χ3v) is 4.55. The third kappa shape index (κ3) is 7.97. The molecular weight excluding hydrogens is 344 g/mol. The lowest BCUT2D eigenvalue weighted by Gasteiger charge is -2.21. The Morgan fingerprint density at radius 3 is 2.85 bits per heavy atom. The molecule has 0 bridgehead atoms. The van der Waals surface area contributed by atoms with Gasteiger partial charge in [0.05, 0.1) is 0 Å². The molecule has 2 rings (SSSR count). The Morgan fingerprint density at radius 1 is 1.30 bits per heavy atom. The number of nitrogens with zero attached hydrogens (tertiary/aromatic N) is 1. The first-order valence-corrected chi connectivity index (χ1v) is 9.64. The van der Waals surface area contributed by atoms with E-state index in [2.05, 4.69) is 20.9 Å². The minimum atomic E-state index is -0.0832. The second-order valence-electron chi connectivity index (χ2n) is 6.62. The second-order valence-corrected chi connectivity index (χ2v) is 6.62. The van der Waals surface area contributed by atoms with Crippen molar-refractivity contribution in [3.63, 3.8) is 0 Å². The number of aliphatic imine (C=N–C) groups is 1. The lowest BCUT2D eigenvalue weighted by Crippen LogP contribution is -2.37. The van der Waals surface area contributed by atoms with Gasteiger partial charge in [-0.05, 0) is 42.9 Å². The van der Waals surface area contributed by atoms with Crippen molar-refractivity contribution in [2.45, 2.75) is 25.8 Å². The normalized spacial score (nSPS) is 15.4. The van der Waals surface area contributed by atoms with Crippen LogP contribution in [0.5, 0.6) is 0 Å². The van der Waals surface area contributed by atoms with E-state index in [0.29, 0.717) is 18.0 Å². The second kappa shape index (κ2) is 12.3. The zero-order chi connectivity index (χ0) is 19.3. The number of carbonyl (C=O) groups excluding carboxylic acids is 1. The molecule has 1 saturated heterocycles. The van der Waals surface area contributed by atoms with Crippen LogP contribution in [0.3, 0.4) is 0 Å². The highest BCUT2D eigenvalue weighted by Gasteiger charge is 2.13. The zero-order valence-corrected chi connectivity index (χ0v) is 16.4. The molecule has 150 valence electrons. The maximum atomic E-state index is 11.7.